The van der Waals surface area contributed by atoms with Gasteiger partial charge in [0.1, 0.15) is 18.4 Å². The van der Waals surface area contributed by atoms with E-state index in [0.29, 0.717) is 11.3 Å². The van der Waals surface area contributed by atoms with Crippen LogP contribution < -0.4 is 4.74 Å². The van der Waals surface area contributed by atoms with Crippen LogP contribution in [0.25, 0.3) is 11.8 Å². The Balaban J connectivity index is 1.39. The average Bonchev–Trinajstić information content (AvgIpc) is 3.39. The topological polar surface area (TPSA) is 73.1 Å². The van der Waals surface area contributed by atoms with Crippen LogP contribution in [0.1, 0.15) is 24.1 Å². The zero-order valence-corrected chi connectivity index (χ0v) is 18.2. The van der Waals surface area contributed by atoms with E-state index in [1.807, 2.05) is 31.2 Å². The van der Waals surface area contributed by atoms with E-state index < -0.39 is 5.82 Å². The number of nitrogens with zero attached hydrogens (tertiary/aromatic N) is 5. The second kappa shape index (κ2) is 9.86. The van der Waals surface area contributed by atoms with Gasteiger partial charge in [-0.3, -0.25) is 9.78 Å². The van der Waals surface area contributed by atoms with Crippen LogP contribution in [0.3, 0.4) is 0 Å². The van der Waals surface area contributed by atoms with Gasteiger partial charge >= 0.3 is 0 Å². The van der Waals surface area contributed by atoms with Crippen LogP contribution in [0.5, 0.6) is 11.5 Å². The number of aromatic nitrogens is 4. The minimum absolute atomic E-state index is 0.0894. The minimum Gasteiger partial charge on any atom is -0.453 e. The Morgan fingerprint density at radius 2 is 1.97 bits per heavy atom. The third kappa shape index (κ3) is 5.30. The summed E-state index contributed by atoms with van der Waals surface area (Å²) in [7, 11) is 1.73. The van der Waals surface area contributed by atoms with Crippen molar-refractivity contribution in [1.82, 2.24) is 24.6 Å². The number of carbonyl (C=O) groups excluding carboxylic acids is 1. The van der Waals surface area contributed by atoms with Crippen LogP contribution in [-0.4, -0.2) is 37.6 Å². The lowest BCUT2D eigenvalue weighted by Crippen LogP contribution is -2.27. The van der Waals surface area contributed by atoms with Gasteiger partial charge in [0.05, 0.1) is 17.9 Å². The number of carbonyl (C=O) groups is 1. The van der Waals surface area contributed by atoms with E-state index in [9.17, 15) is 9.18 Å². The second-order valence-electron chi connectivity index (χ2n) is 7.37. The third-order valence-electron chi connectivity index (χ3n) is 5.22. The number of hydrogen-bond acceptors (Lipinski definition) is 5. The first-order valence-electron chi connectivity index (χ1n) is 10.3. The van der Waals surface area contributed by atoms with E-state index in [2.05, 4.69) is 15.1 Å². The highest BCUT2D eigenvalue weighted by Gasteiger charge is 2.15. The zero-order chi connectivity index (χ0) is 23.2. The van der Waals surface area contributed by atoms with Gasteiger partial charge < -0.3 is 9.64 Å². The Bertz CT molecular complexity index is 1240. The highest BCUT2D eigenvalue weighted by atomic mass is 19.1. The maximum atomic E-state index is 14.4. The summed E-state index contributed by atoms with van der Waals surface area (Å²) >= 11 is 0. The van der Waals surface area contributed by atoms with Gasteiger partial charge in [-0.05, 0) is 60.5 Å². The summed E-state index contributed by atoms with van der Waals surface area (Å²) in [5.74, 6) is -0.187. The first-order valence-corrected chi connectivity index (χ1v) is 10.3. The van der Waals surface area contributed by atoms with Crippen LogP contribution in [0.15, 0.2) is 85.7 Å². The number of rotatable bonds is 7. The Kier molecular flexibility index (Phi) is 6.54. The van der Waals surface area contributed by atoms with Crippen molar-refractivity contribution in [3.8, 4) is 17.2 Å². The Labute approximate surface area is 190 Å². The van der Waals surface area contributed by atoms with E-state index in [1.165, 1.54) is 30.7 Å². The van der Waals surface area contributed by atoms with Gasteiger partial charge in [-0.2, -0.15) is 5.10 Å². The predicted molar refractivity (Wildman–Crippen MR) is 122 cm³/mol. The normalized spacial score (nSPS) is 12.0. The molecule has 0 saturated carbocycles. The first kappa shape index (κ1) is 21.9. The molecule has 0 bridgehead atoms. The van der Waals surface area contributed by atoms with Crippen LogP contribution in [0, 0.1) is 5.82 Å². The molecule has 1 unspecified atom stereocenters. The SMILES string of the molecule is CC(c1ccc(-n2cncn2)cc1)N(C)C(=O)/C=C/c1ccc(Oc2cccnc2)c(F)c1. The Morgan fingerprint density at radius 3 is 2.64 bits per heavy atom. The van der Waals surface area contributed by atoms with Gasteiger partial charge in [0.15, 0.2) is 11.6 Å². The molecule has 2 aromatic carbocycles. The van der Waals surface area contributed by atoms with Gasteiger partial charge in [-0.25, -0.2) is 14.1 Å². The Hall–Kier alpha value is -4.33. The van der Waals surface area contributed by atoms with Crippen molar-refractivity contribution in [3.63, 3.8) is 0 Å². The van der Waals surface area contributed by atoms with Crippen LogP contribution >= 0.6 is 0 Å². The van der Waals surface area contributed by atoms with Gasteiger partial charge in [-0.1, -0.05) is 18.2 Å². The van der Waals surface area contributed by atoms with Gasteiger partial charge in [0.2, 0.25) is 5.91 Å². The van der Waals surface area contributed by atoms with Gasteiger partial charge in [0, 0.05) is 19.3 Å². The van der Waals surface area contributed by atoms with E-state index >= 15 is 0 Å². The summed E-state index contributed by atoms with van der Waals surface area (Å²) in [5, 5.41) is 4.10. The van der Waals surface area contributed by atoms with Gasteiger partial charge in [-0.15, -0.1) is 0 Å². The molecule has 0 saturated heterocycles. The number of pyridine rings is 1. The largest absolute Gasteiger partial charge is 0.453 e. The predicted octanol–water partition coefficient (Wildman–Crippen LogP) is 4.83. The molecule has 2 aromatic heterocycles. The smallest absolute Gasteiger partial charge is 0.246 e. The molecular weight excluding hydrogens is 421 g/mol. The molecule has 0 aliphatic heterocycles. The van der Waals surface area contributed by atoms with Crippen molar-refractivity contribution >= 4 is 12.0 Å². The summed E-state index contributed by atoms with van der Waals surface area (Å²) in [6, 6.07) is 15.5. The zero-order valence-electron chi connectivity index (χ0n) is 18.2. The maximum Gasteiger partial charge on any atom is 0.246 e. The molecule has 4 aromatic rings. The lowest BCUT2D eigenvalue weighted by atomic mass is 10.1. The summed E-state index contributed by atoms with van der Waals surface area (Å²) in [4.78, 5) is 22.2. The average molecular weight is 443 g/mol. The van der Waals surface area contributed by atoms with Crippen LogP contribution in [-0.2, 0) is 4.79 Å². The summed E-state index contributed by atoms with van der Waals surface area (Å²) < 4.78 is 21.6. The standard InChI is InChI=1S/C25H22FN5O2/c1-18(20-7-9-21(10-8-20)31-17-28-16-29-31)30(2)25(32)12-6-19-5-11-24(23(26)14-19)33-22-4-3-13-27-15-22/h3-18H,1-2H3/b12-6+. The fourth-order valence-corrected chi connectivity index (χ4v) is 3.18. The van der Waals surface area contributed by atoms with E-state index in [0.717, 1.165) is 11.3 Å². The van der Waals surface area contributed by atoms with Crippen molar-refractivity contribution in [2.75, 3.05) is 7.05 Å². The highest BCUT2D eigenvalue weighted by Crippen LogP contribution is 2.25. The van der Waals surface area contributed by atoms with Crippen molar-refractivity contribution in [2.24, 2.45) is 0 Å². The molecule has 4 rings (SSSR count). The summed E-state index contributed by atoms with van der Waals surface area (Å²) in [5.41, 5.74) is 2.42. The molecule has 33 heavy (non-hydrogen) atoms. The molecular formula is C25H22FN5O2. The molecule has 0 aliphatic rings. The van der Waals surface area contributed by atoms with Crippen LogP contribution in [0.2, 0.25) is 0 Å². The Morgan fingerprint density at radius 1 is 1.15 bits per heavy atom. The number of hydrogen-bond donors (Lipinski definition) is 0. The summed E-state index contributed by atoms with van der Waals surface area (Å²) in [6.45, 7) is 1.94. The number of ether oxygens (including phenoxy) is 1. The minimum atomic E-state index is -0.525. The molecule has 166 valence electrons. The maximum absolute atomic E-state index is 14.4. The molecule has 0 spiro atoms. The molecule has 1 amide bonds. The molecule has 8 heteroatoms. The van der Waals surface area contributed by atoms with Crippen molar-refractivity contribution < 1.29 is 13.9 Å². The quantitative estimate of drug-likeness (QED) is 0.383. The van der Waals surface area contributed by atoms with Crippen molar-refractivity contribution in [3.05, 3.63) is 103 Å². The van der Waals surface area contributed by atoms with E-state index in [-0.39, 0.29) is 17.7 Å². The lowest BCUT2D eigenvalue weighted by Gasteiger charge is -2.24. The third-order valence-corrected chi connectivity index (χ3v) is 5.22. The van der Waals surface area contributed by atoms with Crippen LogP contribution in [0.4, 0.5) is 4.39 Å². The second-order valence-corrected chi connectivity index (χ2v) is 7.37. The van der Waals surface area contributed by atoms with Crippen molar-refractivity contribution in [1.29, 1.82) is 0 Å². The van der Waals surface area contributed by atoms with Gasteiger partial charge in [0.25, 0.3) is 0 Å². The fraction of sp³-hybridized carbons (Fsp3) is 0.120. The number of amides is 1. The summed E-state index contributed by atoms with van der Waals surface area (Å²) in [6.07, 6.45) is 9.22. The van der Waals surface area contributed by atoms with E-state index in [4.69, 9.17) is 4.74 Å². The monoisotopic (exact) mass is 443 g/mol. The molecule has 0 aliphatic carbocycles. The van der Waals surface area contributed by atoms with Crippen molar-refractivity contribution in [2.45, 2.75) is 13.0 Å². The lowest BCUT2D eigenvalue weighted by molar-refractivity contribution is -0.126. The molecule has 2 heterocycles. The molecule has 0 radical (unpaired) electrons. The number of benzene rings is 2. The molecule has 0 fully saturated rings. The first-order chi connectivity index (χ1) is 16.0. The molecule has 0 N–H and O–H groups in total. The fourth-order valence-electron chi connectivity index (χ4n) is 3.18. The number of halogens is 1. The molecule has 7 nitrogen and oxygen atoms in total. The molecule has 1 atom stereocenters. The highest BCUT2D eigenvalue weighted by molar-refractivity contribution is 5.91. The number of likely N-dealkylation sites (N-methyl/N-ethyl adjacent to an activating group) is 1. The van der Waals surface area contributed by atoms with E-state index in [1.54, 1.807) is 53.4 Å².